The molecular formula is C15H24O3. The van der Waals surface area contributed by atoms with Crippen molar-refractivity contribution in [2.24, 2.45) is 0 Å². The lowest BCUT2D eigenvalue weighted by atomic mass is 9.97. The van der Waals surface area contributed by atoms with Crippen molar-refractivity contribution >= 4 is 5.97 Å². The molecule has 0 N–H and O–H groups in total. The Morgan fingerprint density at radius 2 is 2.17 bits per heavy atom. The van der Waals surface area contributed by atoms with Gasteiger partial charge < -0.3 is 9.47 Å². The molecule has 102 valence electrons. The van der Waals surface area contributed by atoms with E-state index < -0.39 is 0 Å². The molecule has 0 amide bonds. The molecule has 0 aromatic rings. The summed E-state index contributed by atoms with van der Waals surface area (Å²) < 4.78 is 10.5. The van der Waals surface area contributed by atoms with E-state index in [9.17, 15) is 4.79 Å². The lowest BCUT2D eigenvalue weighted by molar-refractivity contribution is -0.141. The molecule has 1 atom stereocenters. The molecule has 0 fully saturated rings. The molecule has 1 aliphatic carbocycles. The zero-order valence-electron chi connectivity index (χ0n) is 11.9. The van der Waals surface area contributed by atoms with Gasteiger partial charge in [0.15, 0.2) is 0 Å². The summed E-state index contributed by atoms with van der Waals surface area (Å²) >= 11 is 0. The van der Waals surface area contributed by atoms with Crippen LogP contribution in [-0.2, 0) is 14.3 Å². The Labute approximate surface area is 110 Å². The number of rotatable bonds is 3. The van der Waals surface area contributed by atoms with Crippen molar-refractivity contribution in [1.29, 1.82) is 0 Å². The number of carbonyl (C=O) groups excluding carboxylic acids is 1. The van der Waals surface area contributed by atoms with Crippen molar-refractivity contribution in [3.05, 3.63) is 23.0 Å². The van der Waals surface area contributed by atoms with E-state index in [0.717, 1.165) is 31.4 Å². The fourth-order valence-corrected chi connectivity index (χ4v) is 2.26. The number of methoxy groups -OCH3 is 1. The van der Waals surface area contributed by atoms with Crippen molar-refractivity contribution in [2.45, 2.75) is 59.0 Å². The monoisotopic (exact) mass is 252 g/mol. The fourth-order valence-electron chi connectivity index (χ4n) is 2.26. The molecule has 2 rings (SSSR count). The maximum absolute atomic E-state index is 11.0. The van der Waals surface area contributed by atoms with Gasteiger partial charge in [-0.15, -0.1) is 0 Å². The summed E-state index contributed by atoms with van der Waals surface area (Å²) in [5.41, 5.74) is 2.76. The van der Waals surface area contributed by atoms with E-state index in [2.05, 4.69) is 17.7 Å². The maximum Gasteiger partial charge on any atom is 0.305 e. The molecule has 0 saturated carbocycles. The van der Waals surface area contributed by atoms with E-state index in [0.29, 0.717) is 6.42 Å². The Balaban J connectivity index is 0.000000771. The van der Waals surface area contributed by atoms with Gasteiger partial charge in [0.1, 0.15) is 11.9 Å². The molecule has 1 aliphatic heterocycles. The van der Waals surface area contributed by atoms with Gasteiger partial charge in [-0.25, -0.2) is 0 Å². The Bertz CT molecular complexity index is 353. The average Bonchev–Trinajstić information content (AvgIpc) is 2.80. The first kappa shape index (κ1) is 14.8. The molecule has 0 aromatic carbocycles. The van der Waals surface area contributed by atoms with E-state index in [1.807, 2.05) is 13.8 Å². The lowest BCUT2D eigenvalue weighted by Gasteiger charge is -2.13. The Morgan fingerprint density at radius 3 is 2.83 bits per heavy atom. The van der Waals surface area contributed by atoms with Crippen molar-refractivity contribution < 1.29 is 14.3 Å². The van der Waals surface area contributed by atoms with Crippen LogP contribution in [0.5, 0.6) is 0 Å². The van der Waals surface area contributed by atoms with Crippen LogP contribution < -0.4 is 0 Å². The summed E-state index contributed by atoms with van der Waals surface area (Å²) in [7, 11) is 1.42. The molecule has 0 spiro atoms. The zero-order valence-corrected chi connectivity index (χ0v) is 11.9. The topological polar surface area (TPSA) is 35.5 Å². The third-order valence-corrected chi connectivity index (χ3v) is 3.18. The number of hydrogen-bond acceptors (Lipinski definition) is 3. The second kappa shape index (κ2) is 7.24. The van der Waals surface area contributed by atoms with Gasteiger partial charge >= 0.3 is 5.97 Å². The van der Waals surface area contributed by atoms with Crippen molar-refractivity contribution in [3.8, 4) is 0 Å². The van der Waals surface area contributed by atoms with E-state index in [4.69, 9.17) is 4.74 Å². The Hall–Kier alpha value is -1.25. The van der Waals surface area contributed by atoms with E-state index >= 15 is 0 Å². The summed E-state index contributed by atoms with van der Waals surface area (Å²) in [5, 5.41) is 0. The lowest BCUT2D eigenvalue weighted by Crippen LogP contribution is -2.10. The summed E-state index contributed by atoms with van der Waals surface area (Å²) in [5.74, 6) is 0.987. The molecule has 1 unspecified atom stereocenters. The minimum Gasteiger partial charge on any atom is -0.494 e. The van der Waals surface area contributed by atoms with Gasteiger partial charge in [-0.3, -0.25) is 4.79 Å². The van der Waals surface area contributed by atoms with Gasteiger partial charge in [0.2, 0.25) is 0 Å². The molecule has 2 aliphatic rings. The second-order valence-corrected chi connectivity index (χ2v) is 4.50. The molecule has 0 radical (unpaired) electrons. The number of allylic oxidation sites excluding steroid dienone is 3. The smallest absolute Gasteiger partial charge is 0.305 e. The Kier molecular flexibility index (Phi) is 5.96. The fraction of sp³-hybridized carbons (Fsp3) is 0.667. The van der Waals surface area contributed by atoms with Gasteiger partial charge in [0, 0.05) is 19.3 Å². The van der Waals surface area contributed by atoms with Crippen LogP contribution in [0.1, 0.15) is 52.9 Å². The number of carbonyl (C=O) groups is 1. The number of hydrogen-bond donors (Lipinski definition) is 0. The van der Waals surface area contributed by atoms with Crippen molar-refractivity contribution in [2.75, 3.05) is 7.11 Å². The molecule has 0 saturated heterocycles. The summed E-state index contributed by atoms with van der Waals surface area (Å²) in [6.07, 6.45) is 6.68. The first-order valence-electron chi connectivity index (χ1n) is 6.81. The SMILES string of the molecule is CC.COC(=O)CCC1CC2=C(CCC(C)=C2)O1. The number of ether oxygens (including phenoxy) is 2. The van der Waals surface area contributed by atoms with E-state index in [1.54, 1.807) is 0 Å². The van der Waals surface area contributed by atoms with Gasteiger partial charge in [0.25, 0.3) is 0 Å². The van der Waals surface area contributed by atoms with Gasteiger partial charge in [-0.1, -0.05) is 25.5 Å². The van der Waals surface area contributed by atoms with Crippen molar-refractivity contribution in [3.63, 3.8) is 0 Å². The average molecular weight is 252 g/mol. The minimum absolute atomic E-state index is 0.153. The summed E-state index contributed by atoms with van der Waals surface area (Å²) in [6.45, 7) is 6.16. The summed E-state index contributed by atoms with van der Waals surface area (Å²) in [4.78, 5) is 11.0. The molecule has 18 heavy (non-hydrogen) atoms. The predicted molar refractivity (Wildman–Crippen MR) is 72.1 cm³/mol. The van der Waals surface area contributed by atoms with Crippen LogP contribution in [0, 0.1) is 0 Å². The molecule has 3 nitrogen and oxygen atoms in total. The summed E-state index contributed by atoms with van der Waals surface area (Å²) in [6, 6.07) is 0. The van der Waals surface area contributed by atoms with Crippen LogP contribution in [0.4, 0.5) is 0 Å². The van der Waals surface area contributed by atoms with E-state index in [1.165, 1.54) is 18.3 Å². The highest BCUT2D eigenvalue weighted by Gasteiger charge is 2.26. The first-order valence-corrected chi connectivity index (χ1v) is 6.81. The van der Waals surface area contributed by atoms with Gasteiger partial charge in [0.05, 0.1) is 7.11 Å². The molecule has 3 heteroatoms. The normalized spacial score (nSPS) is 21.3. The second-order valence-electron chi connectivity index (χ2n) is 4.50. The van der Waals surface area contributed by atoms with Crippen LogP contribution >= 0.6 is 0 Å². The van der Waals surface area contributed by atoms with E-state index in [-0.39, 0.29) is 12.1 Å². The minimum atomic E-state index is -0.153. The third-order valence-electron chi connectivity index (χ3n) is 3.18. The van der Waals surface area contributed by atoms with Gasteiger partial charge in [-0.05, 0) is 25.3 Å². The van der Waals surface area contributed by atoms with Crippen molar-refractivity contribution in [1.82, 2.24) is 0 Å². The molecule has 0 bridgehead atoms. The van der Waals surface area contributed by atoms with Crippen LogP contribution in [-0.4, -0.2) is 19.2 Å². The third kappa shape index (κ3) is 3.90. The predicted octanol–water partition coefficient (Wildman–Crippen LogP) is 3.75. The standard InChI is InChI=1S/C13H18O3.C2H6/c1-9-3-5-12-10(7-9)8-11(16-12)4-6-13(14)15-2;1-2/h7,11H,3-6,8H2,1-2H3;1-2H3. The highest BCUT2D eigenvalue weighted by Crippen LogP contribution is 2.35. The molecule has 1 heterocycles. The van der Waals surface area contributed by atoms with Crippen LogP contribution in [0.2, 0.25) is 0 Å². The first-order chi connectivity index (χ1) is 8.69. The maximum atomic E-state index is 11.0. The molecule has 0 aromatic heterocycles. The molecular weight excluding hydrogens is 228 g/mol. The Morgan fingerprint density at radius 1 is 1.44 bits per heavy atom. The van der Waals surface area contributed by atoms with Crippen LogP contribution in [0.25, 0.3) is 0 Å². The highest BCUT2D eigenvalue weighted by molar-refractivity contribution is 5.69. The van der Waals surface area contributed by atoms with Crippen LogP contribution in [0.15, 0.2) is 23.0 Å². The number of esters is 1. The largest absolute Gasteiger partial charge is 0.494 e. The zero-order chi connectivity index (χ0) is 13.5. The van der Waals surface area contributed by atoms with Crippen LogP contribution in [0.3, 0.4) is 0 Å². The van der Waals surface area contributed by atoms with Gasteiger partial charge in [-0.2, -0.15) is 0 Å². The highest BCUT2D eigenvalue weighted by atomic mass is 16.5. The quantitative estimate of drug-likeness (QED) is 0.718.